The Morgan fingerprint density at radius 1 is 1.04 bits per heavy atom. The number of alkyl halides is 5. The average molecular weight is 414 g/mol. The molecule has 0 aliphatic rings. The lowest BCUT2D eigenvalue weighted by atomic mass is 9.99. The number of imidazole rings is 1. The van der Waals surface area contributed by atoms with E-state index in [0.29, 0.717) is 28.3 Å². The third kappa shape index (κ3) is 3.85. The number of halogens is 5. The van der Waals surface area contributed by atoms with Crippen LogP contribution in [0.2, 0.25) is 0 Å². The molecule has 0 unspecified atom stereocenters. The van der Waals surface area contributed by atoms with E-state index >= 15 is 0 Å². The van der Waals surface area contributed by atoms with E-state index in [0.717, 1.165) is 0 Å². The molecule has 3 aromatic heterocycles. The van der Waals surface area contributed by atoms with Gasteiger partial charge in [-0.05, 0) is 12.3 Å². The van der Waals surface area contributed by atoms with Crippen molar-refractivity contribution in [2.24, 2.45) is 7.05 Å². The van der Waals surface area contributed by atoms with Crippen LogP contribution in [-0.2, 0) is 13.0 Å². The highest BCUT2D eigenvalue weighted by atomic mass is 32.2. The topological polar surface area (TPSA) is 43.6 Å². The van der Waals surface area contributed by atoms with Crippen molar-refractivity contribution in [3.63, 3.8) is 0 Å². The Kier molecular flexibility index (Phi) is 6.37. The van der Waals surface area contributed by atoms with Gasteiger partial charge in [0, 0.05) is 24.3 Å². The van der Waals surface area contributed by atoms with Crippen LogP contribution >= 0.6 is 11.8 Å². The molecule has 3 heterocycles. The summed E-state index contributed by atoms with van der Waals surface area (Å²) in [7, 11) is 7.27. The van der Waals surface area contributed by atoms with Gasteiger partial charge in [0.2, 0.25) is 0 Å². The van der Waals surface area contributed by atoms with Gasteiger partial charge < -0.3 is 4.57 Å². The second kappa shape index (κ2) is 8.06. The Morgan fingerprint density at radius 3 is 2.25 bits per heavy atom. The van der Waals surface area contributed by atoms with Crippen LogP contribution < -0.4 is 5.46 Å². The van der Waals surface area contributed by atoms with E-state index in [9.17, 15) is 22.0 Å². The first-order valence-electron chi connectivity index (χ1n) is 8.13. The summed E-state index contributed by atoms with van der Waals surface area (Å²) < 4.78 is 66.3. The normalized spacial score (nSPS) is 12.0. The summed E-state index contributed by atoms with van der Waals surface area (Å²) in [4.78, 5) is 12.8. The molecule has 0 bridgehead atoms. The molecular formula is C17H16BF5N4S. The van der Waals surface area contributed by atoms with Gasteiger partial charge in [-0.25, -0.2) is 9.97 Å². The quantitative estimate of drug-likeness (QED) is 0.366. The van der Waals surface area contributed by atoms with Gasteiger partial charge in [-0.15, -0.1) is 11.8 Å². The predicted molar refractivity (Wildman–Crippen MR) is 100 cm³/mol. The third-order valence-corrected chi connectivity index (χ3v) is 4.48. The molecule has 0 amide bonds. The largest absolute Gasteiger partial charge is 0.458 e. The van der Waals surface area contributed by atoms with Gasteiger partial charge in [0.25, 0.3) is 0 Å². The molecule has 11 heteroatoms. The zero-order valence-electron chi connectivity index (χ0n) is 15.5. The number of fused-ring (bicyclic) bond motifs is 1. The summed E-state index contributed by atoms with van der Waals surface area (Å²) in [5.41, 5.74) is -0.335. The molecule has 4 nitrogen and oxygen atoms in total. The number of hydrogen-bond donors (Lipinski definition) is 0. The molecule has 0 aliphatic heterocycles. The van der Waals surface area contributed by atoms with E-state index < -0.39 is 17.7 Å². The fourth-order valence-corrected chi connectivity index (χ4v) is 3.00. The van der Waals surface area contributed by atoms with Crippen molar-refractivity contribution in [3.05, 3.63) is 30.1 Å². The van der Waals surface area contributed by atoms with Gasteiger partial charge >= 0.3 is 12.1 Å². The van der Waals surface area contributed by atoms with Gasteiger partial charge in [0.15, 0.2) is 11.5 Å². The number of rotatable bonds is 3. The van der Waals surface area contributed by atoms with Crippen molar-refractivity contribution in [1.82, 2.24) is 19.5 Å². The van der Waals surface area contributed by atoms with Crippen LogP contribution in [0.25, 0.3) is 22.7 Å². The van der Waals surface area contributed by atoms with Crippen LogP contribution in [0.15, 0.2) is 29.4 Å². The van der Waals surface area contributed by atoms with E-state index in [1.807, 2.05) is 13.8 Å². The van der Waals surface area contributed by atoms with Crippen molar-refractivity contribution < 1.29 is 22.0 Å². The Labute approximate surface area is 164 Å². The van der Waals surface area contributed by atoms with Gasteiger partial charge in [0.05, 0.1) is 5.56 Å². The SMILES string of the molecule is CC.[B]c1cnc(-c2nc3cc(C(F)(F)C(F)(F)F)cnc3n2C)c(SC)c1. The molecule has 0 aliphatic carbocycles. The van der Waals surface area contributed by atoms with Gasteiger partial charge in [-0.2, -0.15) is 22.0 Å². The summed E-state index contributed by atoms with van der Waals surface area (Å²) in [6, 6.07) is 2.36. The van der Waals surface area contributed by atoms with Gasteiger partial charge in [0.1, 0.15) is 19.1 Å². The molecule has 0 saturated heterocycles. The molecule has 0 saturated carbocycles. The number of aromatic nitrogens is 4. The maximum atomic E-state index is 13.6. The zero-order chi connectivity index (χ0) is 21.3. The second-order valence-electron chi connectivity index (χ2n) is 5.45. The fourth-order valence-electron chi connectivity index (χ4n) is 2.41. The van der Waals surface area contributed by atoms with Crippen LogP contribution in [0.4, 0.5) is 22.0 Å². The van der Waals surface area contributed by atoms with Crippen LogP contribution in [0.1, 0.15) is 19.4 Å². The molecule has 3 rings (SSSR count). The summed E-state index contributed by atoms with van der Waals surface area (Å²) >= 11 is 1.35. The first-order valence-corrected chi connectivity index (χ1v) is 9.36. The highest BCUT2D eigenvalue weighted by Crippen LogP contribution is 2.44. The molecule has 3 aromatic rings. The van der Waals surface area contributed by atoms with Crippen molar-refractivity contribution in [2.75, 3.05) is 6.26 Å². The van der Waals surface area contributed by atoms with Crippen LogP contribution in [0.3, 0.4) is 0 Å². The minimum atomic E-state index is -5.72. The average Bonchev–Trinajstić information content (AvgIpc) is 2.98. The highest BCUT2D eigenvalue weighted by molar-refractivity contribution is 7.98. The maximum absolute atomic E-state index is 13.6. The zero-order valence-corrected chi connectivity index (χ0v) is 16.3. The summed E-state index contributed by atoms with van der Waals surface area (Å²) in [5, 5.41) is 0. The van der Waals surface area contributed by atoms with Crippen molar-refractivity contribution in [2.45, 2.75) is 30.8 Å². The van der Waals surface area contributed by atoms with Crippen LogP contribution in [-0.4, -0.2) is 39.8 Å². The molecule has 0 atom stereocenters. The van der Waals surface area contributed by atoms with E-state index in [4.69, 9.17) is 7.85 Å². The Balaban J connectivity index is 0.00000136. The van der Waals surface area contributed by atoms with E-state index in [1.165, 1.54) is 22.5 Å². The first-order chi connectivity index (χ1) is 13.1. The molecule has 148 valence electrons. The lowest BCUT2D eigenvalue weighted by molar-refractivity contribution is -0.289. The molecular weight excluding hydrogens is 398 g/mol. The summed E-state index contributed by atoms with van der Waals surface area (Å²) in [6.07, 6.45) is -2.01. The molecule has 0 aromatic carbocycles. The Bertz CT molecular complexity index is 988. The molecule has 0 fully saturated rings. The predicted octanol–water partition coefficient (Wildman–Crippen LogP) is 4.23. The van der Waals surface area contributed by atoms with E-state index in [2.05, 4.69) is 15.0 Å². The standard InChI is InChI=1S/C15H10BF5N4S.C2H6/c1-25-12-9(3-7(5-23-12)14(17,18)15(19,20)21)24-13(25)11-10(26-2)4-8(16)6-22-11;1-2/h3-6H,1-2H3;1-2H3. The maximum Gasteiger partial charge on any atom is 0.458 e. The highest BCUT2D eigenvalue weighted by Gasteiger charge is 2.59. The van der Waals surface area contributed by atoms with E-state index in [1.54, 1.807) is 19.4 Å². The monoisotopic (exact) mass is 414 g/mol. The summed E-state index contributed by atoms with van der Waals surface area (Å²) in [6.45, 7) is 4.00. The first kappa shape index (κ1) is 22.1. The fraction of sp³-hybridized carbons (Fsp3) is 0.353. The number of thioether (sulfide) groups is 1. The lowest BCUT2D eigenvalue weighted by Crippen LogP contribution is -2.33. The summed E-state index contributed by atoms with van der Waals surface area (Å²) in [5.74, 6) is -4.74. The minimum absolute atomic E-state index is 0.0883. The second-order valence-corrected chi connectivity index (χ2v) is 6.30. The molecule has 28 heavy (non-hydrogen) atoms. The molecule has 0 spiro atoms. The minimum Gasteiger partial charge on any atom is -0.310 e. The number of pyridine rings is 2. The van der Waals surface area contributed by atoms with Gasteiger partial charge in [-0.3, -0.25) is 4.98 Å². The van der Waals surface area contributed by atoms with Crippen molar-refractivity contribution in [3.8, 4) is 11.5 Å². The van der Waals surface area contributed by atoms with Crippen molar-refractivity contribution in [1.29, 1.82) is 0 Å². The number of aryl methyl sites for hydroxylation is 1. The molecule has 0 N–H and O–H groups in total. The third-order valence-electron chi connectivity index (χ3n) is 3.73. The number of hydrogen-bond acceptors (Lipinski definition) is 4. The number of nitrogens with zero attached hydrogens (tertiary/aromatic N) is 4. The van der Waals surface area contributed by atoms with Crippen molar-refractivity contribution >= 4 is 36.2 Å². The smallest absolute Gasteiger partial charge is 0.310 e. The Morgan fingerprint density at radius 2 is 1.68 bits per heavy atom. The van der Waals surface area contributed by atoms with Gasteiger partial charge in [-0.1, -0.05) is 25.4 Å². The molecule has 2 radical (unpaired) electrons. The van der Waals surface area contributed by atoms with E-state index in [-0.39, 0.29) is 17.0 Å². The van der Waals surface area contributed by atoms with Crippen LogP contribution in [0, 0.1) is 0 Å². The van der Waals surface area contributed by atoms with Crippen LogP contribution in [0.5, 0.6) is 0 Å². The Hall–Kier alpha value is -2.17. The lowest BCUT2D eigenvalue weighted by Gasteiger charge is -2.19.